The second kappa shape index (κ2) is 5.48. The van der Waals surface area contributed by atoms with Crippen LogP contribution >= 0.6 is 0 Å². The van der Waals surface area contributed by atoms with Crippen molar-refractivity contribution in [3.8, 4) is 0 Å². The molecule has 1 aromatic carbocycles. The van der Waals surface area contributed by atoms with E-state index >= 15 is 0 Å². The van der Waals surface area contributed by atoms with Crippen LogP contribution in [0.5, 0.6) is 0 Å². The van der Waals surface area contributed by atoms with Gasteiger partial charge in [0.15, 0.2) is 6.04 Å². The molecule has 1 aliphatic rings. The third-order valence-corrected chi connectivity index (χ3v) is 3.43. The third kappa shape index (κ3) is 3.53. The predicted octanol–water partition coefficient (Wildman–Crippen LogP) is 0.508. The minimum Gasteiger partial charge on any atom is -0.348 e. The van der Waals surface area contributed by atoms with Crippen molar-refractivity contribution in [2.75, 3.05) is 7.05 Å². The van der Waals surface area contributed by atoms with Crippen LogP contribution < -0.4 is 10.2 Å². The number of hydrogen-bond donors (Lipinski definition) is 2. The zero-order chi connectivity index (χ0) is 13.1. The lowest BCUT2D eigenvalue weighted by molar-refractivity contribution is -0.908. The van der Waals surface area contributed by atoms with E-state index in [0.717, 1.165) is 23.3 Å². The van der Waals surface area contributed by atoms with E-state index in [1.54, 1.807) is 6.07 Å². The van der Waals surface area contributed by atoms with Gasteiger partial charge in [-0.2, -0.15) is 0 Å². The molecule has 1 aliphatic carbocycles. The summed E-state index contributed by atoms with van der Waals surface area (Å²) in [4.78, 5) is 13.0. The Labute approximate surface area is 107 Å². The lowest BCUT2D eigenvalue weighted by Crippen LogP contribution is -3.12. The highest BCUT2D eigenvalue weighted by molar-refractivity contribution is 5.80. The van der Waals surface area contributed by atoms with Crippen LogP contribution in [-0.4, -0.2) is 25.0 Å². The van der Waals surface area contributed by atoms with E-state index in [0.29, 0.717) is 12.6 Å². The average Bonchev–Trinajstić information content (AvgIpc) is 3.11. The Morgan fingerprint density at radius 1 is 1.56 bits per heavy atom. The standard InChI is InChI=1S/C14H19FN2O/c1-10(14(18)16-13-6-7-13)17(2)9-11-4-3-5-12(15)8-11/h3-5,8,10,13H,6-7,9H2,1-2H3,(H,16,18)/p+1/t10-/m0/s1. The molecule has 0 spiro atoms. The summed E-state index contributed by atoms with van der Waals surface area (Å²) in [6, 6.07) is 6.82. The first-order valence-electron chi connectivity index (χ1n) is 6.43. The lowest BCUT2D eigenvalue weighted by atomic mass is 10.2. The molecule has 2 atom stereocenters. The lowest BCUT2D eigenvalue weighted by Gasteiger charge is -2.21. The van der Waals surface area contributed by atoms with Gasteiger partial charge in [-0.1, -0.05) is 12.1 Å². The second-order valence-corrected chi connectivity index (χ2v) is 5.16. The maximum absolute atomic E-state index is 13.1. The number of hydrogen-bond acceptors (Lipinski definition) is 1. The molecule has 0 radical (unpaired) electrons. The van der Waals surface area contributed by atoms with Crippen LogP contribution in [0.15, 0.2) is 24.3 Å². The SMILES string of the molecule is C[C@@H](C(=O)NC1CC1)[NH+](C)Cc1cccc(F)c1. The largest absolute Gasteiger partial charge is 0.348 e. The molecule has 4 heteroatoms. The molecule has 1 amide bonds. The van der Waals surface area contributed by atoms with Gasteiger partial charge < -0.3 is 10.2 Å². The van der Waals surface area contributed by atoms with Crippen LogP contribution in [0, 0.1) is 5.82 Å². The van der Waals surface area contributed by atoms with E-state index in [2.05, 4.69) is 5.32 Å². The van der Waals surface area contributed by atoms with E-state index in [1.807, 2.05) is 20.0 Å². The average molecular weight is 251 g/mol. The van der Waals surface area contributed by atoms with Crippen molar-refractivity contribution in [1.29, 1.82) is 0 Å². The number of nitrogens with one attached hydrogen (secondary N) is 2. The summed E-state index contributed by atoms with van der Waals surface area (Å²) >= 11 is 0. The topological polar surface area (TPSA) is 33.5 Å². The number of carbonyl (C=O) groups excluding carboxylic acids is 1. The number of rotatable bonds is 5. The molecule has 0 bridgehead atoms. The first kappa shape index (κ1) is 13.0. The molecule has 1 aromatic rings. The molecule has 98 valence electrons. The molecule has 0 heterocycles. The summed E-state index contributed by atoms with van der Waals surface area (Å²) in [6.07, 6.45) is 2.20. The van der Waals surface area contributed by atoms with Gasteiger partial charge in [-0.05, 0) is 31.9 Å². The molecule has 2 rings (SSSR count). The van der Waals surface area contributed by atoms with Gasteiger partial charge in [-0.3, -0.25) is 4.79 Å². The van der Waals surface area contributed by atoms with Crippen molar-refractivity contribution in [3.05, 3.63) is 35.6 Å². The molecule has 0 aromatic heterocycles. The van der Waals surface area contributed by atoms with Crippen molar-refractivity contribution in [3.63, 3.8) is 0 Å². The van der Waals surface area contributed by atoms with Crippen LogP contribution in [0.3, 0.4) is 0 Å². The first-order valence-corrected chi connectivity index (χ1v) is 6.43. The van der Waals surface area contributed by atoms with E-state index < -0.39 is 0 Å². The number of quaternary nitrogens is 1. The number of halogens is 1. The predicted molar refractivity (Wildman–Crippen MR) is 67.6 cm³/mol. The quantitative estimate of drug-likeness (QED) is 0.785. The normalized spacial score (nSPS) is 18.2. The van der Waals surface area contributed by atoms with Crippen LogP contribution in [0.1, 0.15) is 25.3 Å². The summed E-state index contributed by atoms with van der Waals surface area (Å²) in [6.45, 7) is 2.56. The van der Waals surface area contributed by atoms with Gasteiger partial charge in [0.1, 0.15) is 12.4 Å². The van der Waals surface area contributed by atoms with Crippen molar-refractivity contribution in [1.82, 2.24) is 5.32 Å². The monoisotopic (exact) mass is 251 g/mol. The number of likely N-dealkylation sites (N-methyl/N-ethyl adjacent to an activating group) is 1. The zero-order valence-corrected chi connectivity index (χ0v) is 10.9. The maximum Gasteiger partial charge on any atom is 0.278 e. The van der Waals surface area contributed by atoms with E-state index in [1.165, 1.54) is 12.1 Å². The Morgan fingerprint density at radius 2 is 2.28 bits per heavy atom. The summed E-state index contributed by atoms with van der Waals surface area (Å²) < 4.78 is 13.1. The maximum atomic E-state index is 13.1. The third-order valence-electron chi connectivity index (χ3n) is 3.43. The molecule has 0 saturated heterocycles. The van der Waals surface area contributed by atoms with Crippen LogP contribution in [0.25, 0.3) is 0 Å². The van der Waals surface area contributed by atoms with E-state index in [4.69, 9.17) is 0 Å². The summed E-state index contributed by atoms with van der Waals surface area (Å²) in [5.74, 6) is -0.137. The Morgan fingerprint density at radius 3 is 2.89 bits per heavy atom. The van der Waals surface area contributed by atoms with Crippen molar-refractivity contribution in [2.24, 2.45) is 0 Å². The second-order valence-electron chi connectivity index (χ2n) is 5.16. The Kier molecular flexibility index (Phi) is 3.97. The molecular formula is C14H20FN2O+. The minimum atomic E-state index is -0.226. The molecular weight excluding hydrogens is 231 g/mol. The number of carbonyl (C=O) groups is 1. The van der Waals surface area contributed by atoms with Crippen LogP contribution in [-0.2, 0) is 11.3 Å². The minimum absolute atomic E-state index is 0.0893. The Balaban J connectivity index is 1.89. The van der Waals surface area contributed by atoms with Crippen molar-refractivity contribution in [2.45, 2.75) is 38.4 Å². The summed E-state index contributed by atoms with van der Waals surface area (Å²) in [5.41, 5.74) is 0.915. The van der Waals surface area contributed by atoms with Gasteiger partial charge in [0.25, 0.3) is 5.91 Å². The molecule has 1 unspecified atom stereocenters. The molecule has 0 aliphatic heterocycles. The van der Waals surface area contributed by atoms with Gasteiger partial charge in [-0.25, -0.2) is 4.39 Å². The Bertz CT molecular complexity index is 432. The van der Waals surface area contributed by atoms with Gasteiger partial charge in [0.2, 0.25) is 0 Å². The molecule has 1 fully saturated rings. The molecule has 3 nitrogen and oxygen atoms in total. The van der Waals surface area contributed by atoms with Crippen molar-refractivity contribution >= 4 is 5.91 Å². The van der Waals surface area contributed by atoms with E-state index in [-0.39, 0.29) is 17.8 Å². The number of amides is 1. The van der Waals surface area contributed by atoms with Crippen molar-refractivity contribution < 1.29 is 14.1 Å². The zero-order valence-electron chi connectivity index (χ0n) is 10.9. The molecule has 1 saturated carbocycles. The Hall–Kier alpha value is -1.42. The van der Waals surface area contributed by atoms with E-state index in [9.17, 15) is 9.18 Å². The van der Waals surface area contributed by atoms with Crippen LogP contribution in [0.2, 0.25) is 0 Å². The van der Waals surface area contributed by atoms with Crippen LogP contribution in [0.4, 0.5) is 4.39 Å². The first-order chi connectivity index (χ1) is 8.56. The van der Waals surface area contributed by atoms with Gasteiger partial charge >= 0.3 is 0 Å². The smallest absolute Gasteiger partial charge is 0.278 e. The highest BCUT2D eigenvalue weighted by Gasteiger charge is 2.29. The van der Waals surface area contributed by atoms with Gasteiger partial charge in [0.05, 0.1) is 7.05 Å². The van der Waals surface area contributed by atoms with Gasteiger partial charge in [0, 0.05) is 11.6 Å². The number of benzene rings is 1. The fraction of sp³-hybridized carbons (Fsp3) is 0.500. The highest BCUT2D eigenvalue weighted by Crippen LogP contribution is 2.18. The highest BCUT2D eigenvalue weighted by atomic mass is 19.1. The fourth-order valence-corrected chi connectivity index (χ4v) is 1.90. The summed E-state index contributed by atoms with van der Waals surface area (Å²) in [5, 5.41) is 3.00. The molecule has 2 N–H and O–H groups in total. The molecule has 18 heavy (non-hydrogen) atoms. The summed E-state index contributed by atoms with van der Waals surface area (Å²) in [7, 11) is 1.96. The van der Waals surface area contributed by atoms with Gasteiger partial charge in [-0.15, -0.1) is 0 Å². The fourth-order valence-electron chi connectivity index (χ4n) is 1.90.